The van der Waals surface area contributed by atoms with Crippen molar-refractivity contribution < 1.29 is 13.2 Å². The molecule has 0 atom stereocenters. The van der Waals surface area contributed by atoms with Crippen LogP contribution in [0.1, 0.15) is 36.7 Å². The zero-order valence-corrected chi connectivity index (χ0v) is 17.4. The molecule has 0 aliphatic heterocycles. The highest BCUT2D eigenvalue weighted by molar-refractivity contribution is 9.10. The van der Waals surface area contributed by atoms with E-state index >= 15 is 0 Å². The lowest BCUT2D eigenvalue weighted by atomic mass is 9.87. The van der Waals surface area contributed by atoms with Gasteiger partial charge in [0.15, 0.2) is 0 Å². The van der Waals surface area contributed by atoms with E-state index in [1.807, 2.05) is 12.1 Å². The number of hydrogen-bond donors (Lipinski definition) is 2. The maximum atomic E-state index is 12.3. The number of carbonyl (C=O) groups is 1. The molecule has 26 heavy (non-hydrogen) atoms. The van der Waals surface area contributed by atoms with Crippen molar-refractivity contribution in [2.45, 2.75) is 31.1 Å². The maximum Gasteiger partial charge on any atom is 0.251 e. The van der Waals surface area contributed by atoms with Gasteiger partial charge in [-0.05, 0) is 47.4 Å². The molecule has 140 valence electrons. The van der Waals surface area contributed by atoms with Gasteiger partial charge in [0.1, 0.15) is 0 Å². The summed E-state index contributed by atoms with van der Waals surface area (Å²) in [6, 6.07) is 13.8. The van der Waals surface area contributed by atoms with Crippen LogP contribution in [0.25, 0.3) is 0 Å². The van der Waals surface area contributed by atoms with Crippen molar-refractivity contribution >= 4 is 31.9 Å². The predicted octanol–water partition coefficient (Wildman–Crippen LogP) is 3.45. The summed E-state index contributed by atoms with van der Waals surface area (Å²) >= 11 is 3.31. The monoisotopic (exact) mass is 438 g/mol. The molecule has 7 heteroatoms. The van der Waals surface area contributed by atoms with Gasteiger partial charge in [-0.3, -0.25) is 4.79 Å². The van der Waals surface area contributed by atoms with Gasteiger partial charge < -0.3 is 5.32 Å². The van der Waals surface area contributed by atoms with Gasteiger partial charge in [-0.25, -0.2) is 13.1 Å². The number of amides is 1. The smallest absolute Gasteiger partial charge is 0.251 e. The molecular formula is C19H23BrN2O3S. The van der Waals surface area contributed by atoms with Crippen molar-refractivity contribution in [1.29, 1.82) is 0 Å². The van der Waals surface area contributed by atoms with E-state index in [1.54, 1.807) is 36.4 Å². The standard InChI is InChI=1S/C19H23BrN2O3S/c1-19(2,3)15-6-10-17(11-7-15)26(24,25)22-13-12-21-18(23)14-4-8-16(20)9-5-14/h4-11,22H,12-13H2,1-3H3,(H,21,23). The van der Waals surface area contributed by atoms with Crippen LogP contribution in [0.5, 0.6) is 0 Å². The number of sulfonamides is 1. The van der Waals surface area contributed by atoms with E-state index in [1.165, 1.54) is 0 Å². The van der Waals surface area contributed by atoms with Crippen LogP contribution in [-0.4, -0.2) is 27.4 Å². The lowest BCUT2D eigenvalue weighted by Gasteiger charge is -2.19. The average molecular weight is 439 g/mol. The normalized spacial score (nSPS) is 12.0. The second-order valence-electron chi connectivity index (χ2n) is 6.93. The van der Waals surface area contributed by atoms with Crippen LogP contribution in [0.15, 0.2) is 57.9 Å². The molecule has 2 aromatic carbocycles. The SMILES string of the molecule is CC(C)(C)c1ccc(S(=O)(=O)NCCNC(=O)c2ccc(Br)cc2)cc1. The second kappa shape index (κ2) is 8.33. The number of nitrogens with one attached hydrogen (secondary N) is 2. The highest BCUT2D eigenvalue weighted by Gasteiger charge is 2.17. The van der Waals surface area contributed by atoms with Gasteiger partial charge >= 0.3 is 0 Å². The molecule has 0 bridgehead atoms. The molecule has 0 aliphatic rings. The number of benzene rings is 2. The van der Waals surface area contributed by atoms with E-state index < -0.39 is 10.0 Å². The van der Waals surface area contributed by atoms with Gasteiger partial charge in [0, 0.05) is 23.1 Å². The lowest BCUT2D eigenvalue weighted by molar-refractivity contribution is 0.0954. The summed E-state index contributed by atoms with van der Waals surface area (Å²) in [5.41, 5.74) is 1.56. The van der Waals surface area contributed by atoms with Crippen molar-refractivity contribution in [2.24, 2.45) is 0 Å². The molecule has 5 nitrogen and oxygen atoms in total. The summed E-state index contributed by atoms with van der Waals surface area (Å²) in [6.45, 7) is 6.54. The van der Waals surface area contributed by atoms with Crippen molar-refractivity contribution in [3.63, 3.8) is 0 Å². The van der Waals surface area contributed by atoms with Crippen molar-refractivity contribution in [3.05, 3.63) is 64.1 Å². The Morgan fingerprint density at radius 3 is 2.08 bits per heavy atom. The molecule has 0 saturated carbocycles. The molecule has 1 amide bonds. The highest BCUT2D eigenvalue weighted by atomic mass is 79.9. The zero-order valence-electron chi connectivity index (χ0n) is 15.0. The predicted molar refractivity (Wildman–Crippen MR) is 107 cm³/mol. The van der Waals surface area contributed by atoms with Crippen LogP contribution in [0, 0.1) is 0 Å². The summed E-state index contributed by atoms with van der Waals surface area (Å²) in [5, 5.41) is 2.69. The summed E-state index contributed by atoms with van der Waals surface area (Å²) in [6.07, 6.45) is 0. The first-order valence-electron chi connectivity index (χ1n) is 8.23. The fourth-order valence-electron chi connectivity index (χ4n) is 2.28. The molecule has 2 aromatic rings. The fourth-order valence-corrected chi connectivity index (χ4v) is 3.58. The Labute approximate surface area is 163 Å². The van der Waals surface area contributed by atoms with Gasteiger partial charge in [0.05, 0.1) is 4.90 Å². The Balaban J connectivity index is 1.88. The van der Waals surface area contributed by atoms with Gasteiger partial charge in [0.25, 0.3) is 5.91 Å². The van der Waals surface area contributed by atoms with E-state index in [0.29, 0.717) is 5.56 Å². The first-order chi connectivity index (χ1) is 12.1. The first kappa shape index (κ1) is 20.6. The topological polar surface area (TPSA) is 75.3 Å². The summed E-state index contributed by atoms with van der Waals surface area (Å²) in [4.78, 5) is 12.2. The van der Waals surface area contributed by atoms with Crippen molar-refractivity contribution in [1.82, 2.24) is 10.0 Å². The highest BCUT2D eigenvalue weighted by Crippen LogP contribution is 2.23. The van der Waals surface area contributed by atoms with Crippen molar-refractivity contribution in [2.75, 3.05) is 13.1 Å². The third-order valence-corrected chi connectivity index (χ3v) is 5.85. The second-order valence-corrected chi connectivity index (χ2v) is 9.62. The molecule has 0 unspecified atom stereocenters. The van der Waals surface area contributed by atoms with E-state index in [4.69, 9.17) is 0 Å². The fraction of sp³-hybridized carbons (Fsp3) is 0.316. The van der Waals surface area contributed by atoms with Crippen LogP contribution < -0.4 is 10.0 Å². The van der Waals surface area contributed by atoms with E-state index in [9.17, 15) is 13.2 Å². The minimum atomic E-state index is -3.60. The Kier molecular flexibility index (Phi) is 6.60. The number of halogens is 1. The number of carbonyl (C=O) groups excluding carboxylic acids is 1. The summed E-state index contributed by atoms with van der Waals surface area (Å²) in [5.74, 6) is -0.244. The molecule has 0 spiro atoms. The average Bonchev–Trinajstić information content (AvgIpc) is 2.58. The van der Waals surface area contributed by atoms with Crippen LogP contribution in [0.3, 0.4) is 0 Å². The molecule has 0 fully saturated rings. The van der Waals surface area contributed by atoms with E-state index in [-0.39, 0.29) is 29.3 Å². The third-order valence-electron chi connectivity index (χ3n) is 3.84. The minimum Gasteiger partial charge on any atom is -0.351 e. The largest absolute Gasteiger partial charge is 0.351 e. The zero-order chi connectivity index (χ0) is 19.4. The third kappa shape index (κ3) is 5.65. The molecule has 0 aliphatic carbocycles. The molecule has 0 saturated heterocycles. The van der Waals surface area contributed by atoms with E-state index in [2.05, 4.69) is 46.7 Å². The van der Waals surface area contributed by atoms with Gasteiger partial charge in [-0.15, -0.1) is 0 Å². The summed E-state index contributed by atoms with van der Waals surface area (Å²) in [7, 11) is -3.60. The van der Waals surface area contributed by atoms with Crippen LogP contribution in [0.4, 0.5) is 0 Å². The summed E-state index contributed by atoms with van der Waals surface area (Å²) < 4.78 is 28.0. The van der Waals surface area contributed by atoms with Crippen LogP contribution in [-0.2, 0) is 15.4 Å². The quantitative estimate of drug-likeness (QED) is 0.677. The van der Waals surface area contributed by atoms with Gasteiger partial charge in [0.2, 0.25) is 10.0 Å². The van der Waals surface area contributed by atoms with Crippen LogP contribution >= 0.6 is 15.9 Å². The number of rotatable bonds is 6. The molecule has 2 N–H and O–H groups in total. The molecule has 0 heterocycles. The Hall–Kier alpha value is -1.70. The molecule has 0 radical (unpaired) electrons. The molecular weight excluding hydrogens is 416 g/mol. The van der Waals surface area contributed by atoms with Gasteiger partial charge in [-0.2, -0.15) is 0 Å². The van der Waals surface area contributed by atoms with E-state index in [0.717, 1.165) is 10.0 Å². The maximum absolute atomic E-state index is 12.3. The number of hydrogen-bond acceptors (Lipinski definition) is 3. The minimum absolute atomic E-state index is 0.0347. The lowest BCUT2D eigenvalue weighted by Crippen LogP contribution is -2.34. The Bertz CT molecular complexity index is 855. The first-order valence-corrected chi connectivity index (χ1v) is 10.5. The molecule has 2 rings (SSSR count). The Morgan fingerprint density at radius 2 is 1.54 bits per heavy atom. The Morgan fingerprint density at radius 1 is 0.962 bits per heavy atom. The van der Waals surface area contributed by atoms with Crippen molar-refractivity contribution in [3.8, 4) is 0 Å². The van der Waals surface area contributed by atoms with Crippen LogP contribution in [0.2, 0.25) is 0 Å². The molecule has 0 aromatic heterocycles. The van der Waals surface area contributed by atoms with Gasteiger partial charge in [-0.1, -0.05) is 48.8 Å².